The van der Waals surface area contributed by atoms with Crippen molar-refractivity contribution in [1.82, 2.24) is 14.5 Å². The monoisotopic (exact) mass is 593 g/mol. The van der Waals surface area contributed by atoms with E-state index >= 15 is 0 Å². The highest BCUT2D eigenvalue weighted by Crippen LogP contribution is 2.40. The van der Waals surface area contributed by atoms with E-state index in [9.17, 15) is 0 Å². The van der Waals surface area contributed by atoms with E-state index in [0.717, 1.165) is 55.0 Å². The summed E-state index contributed by atoms with van der Waals surface area (Å²) < 4.78 is 8.64. The fraction of sp³-hybridized carbons (Fsp3) is 0. The molecule has 212 valence electrons. The summed E-state index contributed by atoms with van der Waals surface area (Å²) in [4.78, 5) is 10.0. The number of aromatic nitrogens is 3. The lowest BCUT2D eigenvalue weighted by molar-refractivity contribution is 0.673. The second kappa shape index (κ2) is 10.4. The Morgan fingerprint density at radius 2 is 1.22 bits per heavy atom. The van der Waals surface area contributed by atoms with Gasteiger partial charge in [0.15, 0.2) is 0 Å². The van der Waals surface area contributed by atoms with Gasteiger partial charge in [-0.1, -0.05) is 137 Å². The van der Waals surface area contributed by atoms with Crippen LogP contribution in [0.15, 0.2) is 162 Å². The van der Waals surface area contributed by atoms with Gasteiger partial charge in [-0.05, 0) is 30.3 Å². The summed E-state index contributed by atoms with van der Waals surface area (Å²) >= 11 is 0. The van der Waals surface area contributed by atoms with Crippen molar-refractivity contribution in [2.45, 2.75) is 0 Å². The second-order valence-corrected chi connectivity index (χ2v) is 14.3. The normalized spacial score (nSPS) is 11.8. The molecule has 0 spiro atoms. The Labute approximate surface area is 261 Å². The predicted molar refractivity (Wildman–Crippen MR) is 188 cm³/mol. The van der Waals surface area contributed by atoms with Crippen molar-refractivity contribution in [2.24, 2.45) is 0 Å². The molecule has 9 aromatic rings. The van der Waals surface area contributed by atoms with Crippen LogP contribution < -0.4 is 15.6 Å². The maximum Gasteiger partial charge on any atom is 0.235 e. The molecule has 0 radical (unpaired) electrons. The van der Waals surface area contributed by atoms with Crippen LogP contribution in [0.1, 0.15) is 0 Å². The van der Waals surface area contributed by atoms with Crippen LogP contribution in [0, 0.1) is 0 Å². The van der Waals surface area contributed by atoms with E-state index in [2.05, 4.69) is 138 Å². The van der Waals surface area contributed by atoms with Crippen molar-refractivity contribution in [2.75, 3.05) is 0 Å². The zero-order valence-electron chi connectivity index (χ0n) is 24.3. The van der Waals surface area contributed by atoms with Crippen LogP contribution in [-0.4, -0.2) is 23.3 Å². The number of furan rings is 1. The molecular formula is C40H27N3OSi. The van der Waals surface area contributed by atoms with Gasteiger partial charge in [-0.3, -0.25) is 4.57 Å². The van der Waals surface area contributed by atoms with Gasteiger partial charge in [0.2, 0.25) is 5.95 Å². The van der Waals surface area contributed by atoms with Gasteiger partial charge in [-0.15, -0.1) is 0 Å². The summed E-state index contributed by atoms with van der Waals surface area (Å²) in [5.74, 6) is 0.638. The van der Waals surface area contributed by atoms with E-state index in [1.54, 1.807) is 0 Å². The number of hydrogen-bond acceptors (Lipinski definition) is 3. The highest BCUT2D eigenvalue weighted by Gasteiger charge is 2.21. The summed E-state index contributed by atoms with van der Waals surface area (Å²) in [6.07, 6.45) is 1.87. The molecule has 6 aromatic carbocycles. The SMILES string of the molecule is c1ccc([SiH](c2ccccc2)c2cccc(-c3ccnc(-n4c5ccccc5c5c6oc7ccccc7c6ccc54)n3)c2)cc1. The van der Waals surface area contributed by atoms with E-state index in [0.29, 0.717) is 5.95 Å². The van der Waals surface area contributed by atoms with Crippen LogP contribution in [0.4, 0.5) is 0 Å². The largest absolute Gasteiger partial charge is 0.455 e. The zero-order valence-corrected chi connectivity index (χ0v) is 25.5. The lowest BCUT2D eigenvalue weighted by Crippen LogP contribution is -2.51. The molecule has 0 N–H and O–H groups in total. The van der Waals surface area contributed by atoms with Gasteiger partial charge < -0.3 is 4.42 Å². The van der Waals surface area contributed by atoms with Gasteiger partial charge in [0.1, 0.15) is 20.0 Å². The van der Waals surface area contributed by atoms with Gasteiger partial charge in [0.05, 0.1) is 22.1 Å². The van der Waals surface area contributed by atoms with E-state index in [1.807, 2.05) is 24.4 Å². The van der Waals surface area contributed by atoms with Crippen molar-refractivity contribution in [1.29, 1.82) is 0 Å². The number of fused-ring (bicyclic) bond motifs is 7. The highest BCUT2D eigenvalue weighted by molar-refractivity contribution is 6.95. The van der Waals surface area contributed by atoms with Crippen LogP contribution in [0.25, 0.3) is 61.0 Å². The molecule has 4 nitrogen and oxygen atoms in total. The van der Waals surface area contributed by atoms with Gasteiger partial charge in [0.25, 0.3) is 0 Å². The molecule has 0 unspecified atom stereocenters. The molecule has 3 heterocycles. The molecule has 0 atom stereocenters. The molecule has 0 aliphatic carbocycles. The van der Waals surface area contributed by atoms with E-state index in [1.165, 1.54) is 15.6 Å². The van der Waals surface area contributed by atoms with E-state index in [4.69, 9.17) is 14.4 Å². The standard InChI is InChI=1S/C40H27N3OSi/c1-3-13-28(14-4-1)45(29-15-5-2-6-16-29)30-17-11-12-27(26-30)34-24-25-41-40(42-34)43-35-20-9-7-19-33(35)38-36(43)23-22-32-31-18-8-10-21-37(31)44-39(32)38/h1-26,45H. The summed E-state index contributed by atoms with van der Waals surface area (Å²) in [6.45, 7) is 0. The first-order valence-electron chi connectivity index (χ1n) is 15.2. The van der Waals surface area contributed by atoms with Crippen LogP contribution >= 0.6 is 0 Å². The minimum atomic E-state index is -1.69. The maximum absolute atomic E-state index is 6.47. The quantitative estimate of drug-likeness (QED) is 0.154. The minimum absolute atomic E-state index is 0.638. The van der Waals surface area contributed by atoms with Crippen molar-refractivity contribution < 1.29 is 4.42 Å². The Bertz CT molecular complexity index is 2460. The molecule has 0 aliphatic rings. The Hall–Kier alpha value is -5.78. The predicted octanol–water partition coefficient (Wildman–Crippen LogP) is 7.39. The molecule has 0 amide bonds. The van der Waals surface area contributed by atoms with Crippen molar-refractivity contribution >= 4 is 68.1 Å². The average Bonchev–Trinajstić information content (AvgIpc) is 3.65. The van der Waals surface area contributed by atoms with Crippen LogP contribution in [0.5, 0.6) is 0 Å². The van der Waals surface area contributed by atoms with Crippen molar-refractivity contribution in [3.05, 3.63) is 158 Å². The first-order valence-corrected chi connectivity index (χ1v) is 16.9. The third-order valence-corrected chi connectivity index (χ3v) is 11.9. The zero-order chi connectivity index (χ0) is 29.7. The fourth-order valence-corrected chi connectivity index (χ4v) is 9.83. The Morgan fingerprint density at radius 1 is 0.533 bits per heavy atom. The molecule has 0 saturated heterocycles. The Balaban J connectivity index is 1.21. The topological polar surface area (TPSA) is 43.9 Å². The van der Waals surface area contributed by atoms with Gasteiger partial charge in [-0.2, -0.15) is 0 Å². The van der Waals surface area contributed by atoms with Gasteiger partial charge in [0, 0.05) is 27.9 Å². The minimum Gasteiger partial charge on any atom is -0.455 e. The second-order valence-electron chi connectivity index (χ2n) is 11.4. The lowest BCUT2D eigenvalue weighted by atomic mass is 10.1. The number of nitrogens with zero attached hydrogens (tertiary/aromatic N) is 3. The molecule has 0 bridgehead atoms. The lowest BCUT2D eigenvalue weighted by Gasteiger charge is -2.18. The molecular weight excluding hydrogens is 567 g/mol. The van der Waals surface area contributed by atoms with Crippen LogP contribution in [-0.2, 0) is 0 Å². The third-order valence-electron chi connectivity index (χ3n) is 8.80. The smallest absolute Gasteiger partial charge is 0.235 e. The van der Waals surface area contributed by atoms with Crippen molar-refractivity contribution in [3.8, 4) is 17.2 Å². The number of para-hydroxylation sites is 2. The Morgan fingerprint density at radius 3 is 2.02 bits per heavy atom. The molecule has 0 fully saturated rings. The number of rotatable bonds is 5. The van der Waals surface area contributed by atoms with E-state index in [-0.39, 0.29) is 0 Å². The number of hydrogen-bond donors (Lipinski definition) is 0. The summed E-state index contributed by atoms with van der Waals surface area (Å²) in [5.41, 5.74) is 5.84. The molecule has 45 heavy (non-hydrogen) atoms. The van der Waals surface area contributed by atoms with Crippen LogP contribution in [0.3, 0.4) is 0 Å². The van der Waals surface area contributed by atoms with Gasteiger partial charge >= 0.3 is 0 Å². The first-order chi connectivity index (χ1) is 22.3. The summed E-state index contributed by atoms with van der Waals surface area (Å²) in [5, 5.41) is 8.58. The first kappa shape index (κ1) is 25.7. The summed E-state index contributed by atoms with van der Waals surface area (Å²) in [7, 11) is -1.69. The van der Waals surface area contributed by atoms with Crippen molar-refractivity contribution in [3.63, 3.8) is 0 Å². The molecule has 3 aromatic heterocycles. The average molecular weight is 594 g/mol. The molecule has 9 rings (SSSR count). The fourth-order valence-electron chi connectivity index (χ4n) is 6.81. The van der Waals surface area contributed by atoms with Crippen LogP contribution in [0.2, 0.25) is 0 Å². The van der Waals surface area contributed by atoms with E-state index < -0.39 is 8.80 Å². The number of benzene rings is 6. The Kier molecular flexibility index (Phi) is 5.96. The molecule has 0 aliphatic heterocycles. The summed E-state index contributed by atoms with van der Waals surface area (Å²) in [6, 6.07) is 53.7. The third kappa shape index (κ3) is 4.20. The maximum atomic E-state index is 6.47. The molecule has 0 saturated carbocycles. The highest BCUT2D eigenvalue weighted by atomic mass is 28.3. The van der Waals surface area contributed by atoms with Gasteiger partial charge in [-0.25, -0.2) is 9.97 Å². The molecule has 5 heteroatoms.